The third-order valence-corrected chi connectivity index (χ3v) is 2.75. The third-order valence-electron chi connectivity index (χ3n) is 2.75. The van der Waals surface area contributed by atoms with Gasteiger partial charge in [0, 0.05) is 11.7 Å². The summed E-state index contributed by atoms with van der Waals surface area (Å²) in [6.45, 7) is 5.78. The maximum absolute atomic E-state index is 11.6. The Balaban J connectivity index is 2.49. The molecule has 1 aromatic rings. The van der Waals surface area contributed by atoms with E-state index < -0.39 is 6.10 Å². The second kappa shape index (κ2) is 7.01. The Morgan fingerprint density at radius 1 is 1.28 bits per heavy atom. The second-order valence-electron chi connectivity index (χ2n) is 4.59. The van der Waals surface area contributed by atoms with Crippen LogP contribution in [-0.4, -0.2) is 17.2 Å². The maximum Gasteiger partial charge on any atom is 0.319 e. The first kappa shape index (κ1) is 14.5. The number of rotatable bonds is 5. The van der Waals surface area contributed by atoms with Crippen LogP contribution in [0.15, 0.2) is 24.3 Å². The molecule has 3 N–H and O–H groups in total. The number of benzene rings is 1. The van der Waals surface area contributed by atoms with Crippen LogP contribution < -0.4 is 10.6 Å². The van der Waals surface area contributed by atoms with Crippen LogP contribution >= 0.6 is 0 Å². The van der Waals surface area contributed by atoms with Gasteiger partial charge in [-0.1, -0.05) is 25.5 Å². The van der Waals surface area contributed by atoms with Crippen molar-refractivity contribution in [1.82, 2.24) is 5.32 Å². The summed E-state index contributed by atoms with van der Waals surface area (Å²) in [7, 11) is 0. The molecule has 0 bridgehead atoms. The Kier molecular flexibility index (Phi) is 5.65. The summed E-state index contributed by atoms with van der Waals surface area (Å²) >= 11 is 0. The van der Waals surface area contributed by atoms with Gasteiger partial charge in [0.25, 0.3) is 0 Å². The molecule has 0 aliphatic rings. The molecule has 0 aromatic heterocycles. The van der Waals surface area contributed by atoms with Gasteiger partial charge in [0.1, 0.15) is 0 Å². The molecular weight excluding hydrogens is 228 g/mol. The second-order valence-corrected chi connectivity index (χ2v) is 4.59. The number of aliphatic hydroxyl groups is 1. The molecule has 0 aliphatic heterocycles. The molecule has 2 unspecified atom stereocenters. The summed E-state index contributed by atoms with van der Waals surface area (Å²) in [4.78, 5) is 11.6. The molecule has 1 aromatic carbocycles. The first-order chi connectivity index (χ1) is 8.52. The van der Waals surface area contributed by atoms with Crippen LogP contribution in [0.25, 0.3) is 0 Å². The van der Waals surface area contributed by atoms with Crippen molar-refractivity contribution in [3.63, 3.8) is 0 Å². The van der Waals surface area contributed by atoms with Crippen LogP contribution in [0.1, 0.15) is 45.3 Å². The van der Waals surface area contributed by atoms with Gasteiger partial charge >= 0.3 is 6.03 Å². The Morgan fingerprint density at radius 2 is 1.89 bits per heavy atom. The average molecular weight is 250 g/mol. The fourth-order valence-corrected chi connectivity index (χ4v) is 1.74. The minimum Gasteiger partial charge on any atom is -0.389 e. The topological polar surface area (TPSA) is 61.4 Å². The van der Waals surface area contributed by atoms with E-state index in [0.717, 1.165) is 24.1 Å². The SMILES string of the molecule is CCCC(C)NC(=O)Nc1ccc(C(C)O)cc1. The zero-order chi connectivity index (χ0) is 13.5. The lowest BCUT2D eigenvalue weighted by Gasteiger charge is -2.14. The molecule has 100 valence electrons. The van der Waals surface area contributed by atoms with E-state index in [2.05, 4.69) is 17.6 Å². The Morgan fingerprint density at radius 3 is 2.39 bits per heavy atom. The third kappa shape index (κ3) is 4.75. The van der Waals surface area contributed by atoms with Crippen LogP contribution in [0.2, 0.25) is 0 Å². The average Bonchev–Trinajstić information content (AvgIpc) is 2.29. The normalized spacial score (nSPS) is 13.8. The van der Waals surface area contributed by atoms with Crippen LogP contribution in [0.5, 0.6) is 0 Å². The van der Waals surface area contributed by atoms with Gasteiger partial charge < -0.3 is 15.7 Å². The lowest BCUT2D eigenvalue weighted by Crippen LogP contribution is -2.35. The molecule has 0 aliphatic carbocycles. The first-order valence-corrected chi connectivity index (χ1v) is 6.38. The van der Waals surface area contributed by atoms with Gasteiger partial charge in [-0.25, -0.2) is 4.79 Å². The zero-order valence-corrected chi connectivity index (χ0v) is 11.2. The van der Waals surface area contributed by atoms with Crippen molar-refractivity contribution in [2.75, 3.05) is 5.32 Å². The number of aliphatic hydroxyl groups excluding tert-OH is 1. The van der Waals surface area contributed by atoms with E-state index in [1.807, 2.05) is 6.92 Å². The van der Waals surface area contributed by atoms with Crippen molar-refractivity contribution in [2.24, 2.45) is 0 Å². The highest BCUT2D eigenvalue weighted by Crippen LogP contribution is 2.15. The van der Waals surface area contributed by atoms with Crippen LogP contribution in [0.4, 0.5) is 10.5 Å². The molecule has 18 heavy (non-hydrogen) atoms. The molecule has 0 fully saturated rings. The largest absolute Gasteiger partial charge is 0.389 e. The van der Waals surface area contributed by atoms with Crippen molar-refractivity contribution in [1.29, 1.82) is 0 Å². The lowest BCUT2D eigenvalue weighted by molar-refractivity contribution is 0.199. The summed E-state index contributed by atoms with van der Waals surface area (Å²) in [5, 5.41) is 15.0. The van der Waals surface area contributed by atoms with E-state index in [4.69, 9.17) is 0 Å². The van der Waals surface area contributed by atoms with E-state index in [0.29, 0.717) is 0 Å². The van der Waals surface area contributed by atoms with E-state index in [1.165, 1.54) is 0 Å². The molecule has 2 amide bonds. The Bertz CT molecular complexity index is 374. The minimum atomic E-state index is -0.488. The molecule has 0 heterocycles. The number of urea groups is 1. The number of anilines is 1. The first-order valence-electron chi connectivity index (χ1n) is 6.38. The predicted molar refractivity (Wildman–Crippen MR) is 73.6 cm³/mol. The molecule has 0 radical (unpaired) electrons. The highest BCUT2D eigenvalue weighted by Gasteiger charge is 2.06. The van der Waals surface area contributed by atoms with Crippen molar-refractivity contribution in [3.8, 4) is 0 Å². The zero-order valence-electron chi connectivity index (χ0n) is 11.2. The lowest BCUT2D eigenvalue weighted by atomic mass is 10.1. The predicted octanol–water partition coefficient (Wildman–Crippen LogP) is 3.05. The van der Waals surface area contributed by atoms with Crippen LogP contribution in [-0.2, 0) is 0 Å². The maximum atomic E-state index is 11.6. The van der Waals surface area contributed by atoms with Gasteiger partial charge in [-0.2, -0.15) is 0 Å². The van der Waals surface area contributed by atoms with Crippen LogP contribution in [0.3, 0.4) is 0 Å². The Labute approximate surface area is 108 Å². The highest BCUT2D eigenvalue weighted by atomic mass is 16.3. The minimum absolute atomic E-state index is 0.173. The van der Waals surface area contributed by atoms with Gasteiger partial charge in [-0.15, -0.1) is 0 Å². The Hall–Kier alpha value is -1.55. The number of carbonyl (C=O) groups excluding carboxylic acids is 1. The summed E-state index contributed by atoms with van der Waals surface area (Å²) in [5.74, 6) is 0. The van der Waals surface area contributed by atoms with Gasteiger partial charge in [-0.3, -0.25) is 0 Å². The monoisotopic (exact) mass is 250 g/mol. The molecule has 0 spiro atoms. The summed E-state index contributed by atoms with van der Waals surface area (Å²) in [6.07, 6.45) is 1.52. The molecular formula is C14H22N2O2. The van der Waals surface area contributed by atoms with Gasteiger partial charge in [0.15, 0.2) is 0 Å². The fraction of sp³-hybridized carbons (Fsp3) is 0.500. The van der Waals surface area contributed by atoms with Gasteiger partial charge in [0.2, 0.25) is 0 Å². The van der Waals surface area contributed by atoms with Gasteiger partial charge in [-0.05, 0) is 38.0 Å². The summed E-state index contributed by atoms with van der Waals surface area (Å²) in [6, 6.07) is 7.15. The van der Waals surface area contributed by atoms with Crippen molar-refractivity contribution in [2.45, 2.75) is 45.8 Å². The summed E-state index contributed by atoms with van der Waals surface area (Å²) < 4.78 is 0. The van der Waals surface area contributed by atoms with Crippen molar-refractivity contribution >= 4 is 11.7 Å². The number of hydrogen-bond donors (Lipinski definition) is 3. The molecule has 0 saturated heterocycles. The van der Waals surface area contributed by atoms with Crippen molar-refractivity contribution < 1.29 is 9.90 Å². The smallest absolute Gasteiger partial charge is 0.319 e. The molecule has 4 heteroatoms. The van der Waals surface area contributed by atoms with E-state index in [9.17, 15) is 9.90 Å². The molecule has 2 atom stereocenters. The van der Waals surface area contributed by atoms with E-state index >= 15 is 0 Å². The van der Waals surface area contributed by atoms with Crippen LogP contribution in [0, 0.1) is 0 Å². The van der Waals surface area contributed by atoms with E-state index in [-0.39, 0.29) is 12.1 Å². The molecule has 1 rings (SSSR count). The fourth-order valence-electron chi connectivity index (χ4n) is 1.74. The molecule has 0 saturated carbocycles. The van der Waals surface area contributed by atoms with Crippen molar-refractivity contribution in [3.05, 3.63) is 29.8 Å². The number of hydrogen-bond acceptors (Lipinski definition) is 2. The molecule has 4 nitrogen and oxygen atoms in total. The number of nitrogens with one attached hydrogen (secondary N) is 2. The van der Waals surface area contributed by atoms with E-state index in [1.54, 1.807) is 31.2 Å². The highest BCUT2D eigenvalue weighted by molar-refractivity contribution is 5.89. The number of carbonyl (C=O) groups is 1. The van der Waals surface area contributed by atoms with Gasteiger partial charge in [0.05, 0.1) is 6.10 Å². The quantitative estimate of drug-likeness (QED) is 0.752. The standard InChI is InChI=1S/C14H22N2O2/c1-4-5-10(2)15-14(18)16-13-8-6-12(7-9-13)11(3)17/h6-11,17H,4-5H2,1-3H3,(H2,15,16,18). The summed E-state index contributed by atoms with van der Waals surface area (Å²) in [5.41, 5.74) is 1.56. The number of amides is 2.